The lowest BCUT2D eigenvalue weighted by molar-refractivity contribution is -0.862. The van der Waals surface area contributed by atoms with Gasteiger partial charge < -0.3 is 25.2 Å². The van der Waals surface area contributed by atoms with E-state index in [2.05, 4.69) is 15.5 Å². The fourth-order valence-electron chi connectivity index (χ4n) is 3.54. The van der Waals surface area contributed by atoms with E-state index in [-0.39, 0.29) is 24.9 Å². The van der Waals surface area contributed by atoms with Gasteiger partial charge in [0, 0.05) is 30.2 Å². The highest BCUT2D eigenvalue weighted by Crippen LogP contribution is 2.19. The Bertz CT molecular complexity index is 877. The van der Waals surface area contributed by atoms with E-state index in [1.165, 1.54) is 0 Å². The van der Waals surface area contributed by atoms with Crippen LogP contribution in [0.2, 0.25) is 0 Å². The van der Waals surface area contributed by atoms with Crippen LogP contribution in [0.5, 0.6) is 0 Å². The molecule has 0 radical (unpaired) electrons. The van der Waals surface area contributed by atoms with Gasteiger partial charge in [0.05, 0.1) is 20.3 Å². The van der Waals surface area contributed by atoms with E-state index in [1.54, 1.807) is 0 Å². The van der Waals surface area contributed by atoms with Crippen LogP contribution in [-0.2, 0) is 14.3 Å². The molecule has 1 saturated heterocycles. The third kappa shape index (κ3) is 6.30. The van der Waals surface area contributed by atoms with Crippen LogP contribution in [0.15, 0.2) is 42.5 Å². The summed E-state index contributed by atoms with van der Waals surface area (Å²) in [7, 11) is 1.84. The zero-order chi connectivity index (χ0) is 21.5. The molecule has 0 aliphatic carbocycles. The second kappa shape index (κ2) is 10.2. The number of nitrogens with one attached hydrogen (secondary N) is 3. The number of hydrogen-bond donors (Lipinski definition) is 3. The molecule has 0 spiro atoms. The summed E-state index contributed by atoms with van der Waals surface area (Å²) in [6, 6.07) is 13.7. The Morgan fingerprint density at radius 1 is 0.967 bits per heavy atom. The van der Waals surface area contributed by atoms with Crippen molar-refractivity contribution in [3.63, 3.8) is 0 Å². The zero-order valence-electron chi connectivity index (χ0n) is 18.0. The molecule has 0 saturated carbocycles. The van der Waals surface area contributed by atoms with Crippen molar-refractivity contribution in [3.8, 4) is 0 Å². The fourth-order valence-corrected chi connectivity index (χ4v) is 3.54. The highest BCUT2D eigenvalue weighted by molar-refractivity contribution is 5.93. The number of quaternary nitrogens is 1. The number of amides is 2. The molecule has 1 aliphatic rings. The summed E-state index contributed by atoms with van der Waals surface area (Å²) in [5, 5.41) is 5.83. The highest BCUT2D eigenvalue weighted by Gasteiger charge is 2.16. The SMILES string of the molecule is Cc1ccc(NC(=O)C[NH+](C)CC(=O)Nc2ccc(N3CCOCC3)cc2)c(C)c1. The first-order valence-corrected chi connectivity index (χ1v) is 10.3. The van der Waals surface area contributed by atoms with E-state index in [4.69, 9.17) is 4.74 Å². The Labute approximate surface area is 178 Å². The van der Waals surface area contributed by atoms with Gasteiger partial charge in [-0.1, -0.05) is 17.7 Å². The van der Waals surface area contributed by atoms with Gasteiger partial charge in [0.25, 0.3) is 11.8 Å². The number of rotatable bonds is 7. The quantitative estimate of drug-likeness (QED) is 0.641. The summed E-state index contributed by atoms with van der Waals surface area (Å²) >= 11 is 0. The molecule has 1 heterocycles. The predicted molar refractivity (Wildman–Crippen MR) is 119 cm³/mol. The molecule has 2 aromatic rings. The van der Waals surface area contributed by atoms with Gasteiger partial charge >= 0.3 is 0 Å². The number of ether oxygens (including phenoxy) is 1. The molecule has 7 heteroatoms. The number of morpholine rings is 1. The zero-order valence-corrected chi connectivity index (χ0v) is 18.0. The molecule has 30 heavy (non-hydrogen) atoms. The fraction of sp³-hybridized carbons (Fsp3) is 0.391. The Morgan fingerprint density at radius 2 is 1.60 bits per heavy atom. The predicted octanol–water partition coefficient (Wildman–Crippen LogP) is 1.23. The minimum Gasteiger partial charge on any atom is -0.378 e. The molecule has 2 aromatic carbocycles. The first kappa shape index (κ1) is 21.8. The first-order valence-electron chi connectivity index (χ1n) is 10.3. The number of carbonyl (C=O) groups is 2. The first-order chi connectivity index (χ1) is 14.4. The molecule has 1 aliphatic heterocycles. The molecule has 1 fully saturated rings. The van der Waals surface area contributed by atoms with Crippen molar-refractivity contribution < 1.29 is 19.2 Å². The summed E-state index contributed by atoms with van der Waals surface area (Å²) in [6.45, 7) is 7.66. The van der Waals surface area contributed by atoms with Crippen molar-refractivity contribution in [1.82, 2.24) is 0 Å². The molecule has 2 amide bonds. The molecule has 160 valence electrons. The van der Waals surface area contributed by atoms with Crippen LogP contribution in [0.4, 0.5) is 17.1 Å². The average Bonchev–Trinajstić information content (AvgIpc) is 2.71. The Kier molecular flexibility index (Phi) is 7.43. The van der Waals surface area contributed by atoms with Crippen molar-refractivity contribution in [2.45, 2.75) is 13.8 Å². The van der Waals surface area contributed by atoms with E-state index in [0.717, 1.165) is 59.4 Å². The summed E-state index contributed by atoms with van der Waals surface area (Å²) in [5.41, 5.74) is 4.87. The largest absolute Gasteiger partial charge is 0.378 e. The minimum atomic E-state index is -0.120. The summed E-state index contributed by atoms with van der Waals surface area (Å²) in [6.07, 6.45) is 0. The van der Waals surface area contributed by atoms with Gasteiger partial charge in [-0.3, -0.25) is 9.59 Å². The smallest absolute Gasteiger partial charge is 0.279 e. The van der Waals surface area contributed by atoms with E-state index < -0.39 is 0 Å². The van der Waals surface area contributed by atoms with Crippen LogP contribution in [0.3, 0.4) is 0 Å². The number of anilines is 3. The molecular weight excluding hydrogens is 380 g/mol. The number of nitrogens with zero attached hydrogens (tertiary/aromatic N) is 1. The van der Waals surface area contributed by atoms with E-state index in [1.807, 2.05) is 63.4 Å². The molecule has 1 atom stereocenters. The summed E-state index contributed by atoms with van der Waals surface area (Å²) in [4.78, 5) is 27.7. The number of likely N-dealkylation sites (N-methyl/N-ethyl adjacent to an activating group) is 1. The Hall–Kier alpha value is -2.90. The van der Waals surface area contributed by atoms with Crippen molar-refractivity contribution in [3.05, 3.63) is 53.6 Å². The number of carbonyl (C=O) groups excluding carboxylic acids is 2. The van der Waals surface area contributed by atoms with Crippen LogP contribution in [0.1, 0.15) is 11.1 Å². The van der Waals surface area contributed by atoms with Crippen LogP contribution in [0, 0.1) is 13.8 Å². The minimum absolute atomic E-state index is 0.109. The topological polar surface area (TPSA) is 75.1 Å². The maximum absolute atomic E-state index is 12.4. The lowest BCUT2D eigenvalue weighted by atomic mass is 10.1. The van der Waals surface area contributed by atoms with Crippen LogP contribution in [-0.4, -0.2) is 58.3 Å². The van der Waals surface area contributed by atoms with Crippen LogP contribution in [0.25, 0.3) is 0 Å². The Balaban J connectivity index is 1.45. The third-order valence-electron chi connectivity index (χ3n) is 5.11. The van der Waals surface area contributed by atoms with E-state index >= 15 is 0 Å². The molecule has 1 unspecified atom stereocenters. The molecule has 0 bridgehead atoms. The highest BCUT2D eigenvalue weighted by atomic mass is 16.5. The van der Waals surface area contributed by atoms with Gasteiger partial charge in [0.15, 0.2) is 13.1 Å². The lowest BCUT2D eigenvalue weighted by Gasteiger charge is -2.28. The van der Waals surface area contributed by atoms with Gasteiger partial charge in [0.1, 0.15) is 0 Å². The van der Waals surface area contributed by atoms with Crippen molar-refractivity contribution in [1.29, 1.82) is 0 Å². The molecule has 7 nitrogen and oxygen atoms in total. The lowest BCUT2D eigenvalue weighted by Crippen LogP contribution is -3.11. The van der Waals surface area contributed by atoms with Crippen molar-refractivity contribution in [2.75, 3.05) is 62.0 Å². The molecule has 3 N–H and O–H groups in total. The third-order valence-corrected chi connectivity index (χ3v) is 5.11. The number of aryl methyl sites for hydroxylation is 2. The van der Waals surface area contributed by atoms with E-state index in [0.29, 0.717) is 0 Å². The molecule has 3 rings (SSSR count). The van der Waals surface area contributed by atoms with Gasteiger partial charge in [-0.05, 0) is 49.7 Å². The van der Waals surface area contributed by atoms with E-state index in [9.17, 15) is 9.59 Å². The van der Waals surface area contributed by atoms with Gasteiger partial charge in [0.2, 0.25) is 0 Å². The van der Waals surface area contributed by atoms with Gasteiger partial charge in [-0.15, -0.1) is 0 Å². The average molecular weight is 412 g/mol. The number of hydrogen-bond acceptors (Lipinski definition) is 4. The normalized spacial score (nSPS) is 14.8. The maximum atomic E-state index is 12.4. The molecular formula is C23H31N4O3+. The second-order valence-electron chi connectivity index (χ2n) is 7.87. The monoisotopic (exact) mass is 411 g/mol. The maximum Gasteiger partial charge on any atom is 0.279 e. The Morgan fingerprint density at radius 3 is 2.23 bits per heavy atom. The van der Waals surface area contributed by atoms with Crippen molar-refractivity contribution >= 4 is 28.9 Å². The van der Waals surface area contributed by atoms with Crippen LogP contribution < -0.4 is 20.4 Å². The van der Waals surface area contributed by atoms with Gasteiger partial charge in [-0.2, -0.15) is 0 Å². The summed E-state index contributed by atoms with van der Waals surface area (Å²) < 4.78 is 5.38. The second-order valence-corrected chi connectivity index (χ2v) is 7.87. The standard InChI is InChI=1S/C23H30N4O3/c1-17-4-9-21(18(2)14-17)25-23(29)16-26(3)15-22(28)24-19-5-7-20(8-6-19)27-10-12-30-13-11-27/h4-9,14H,10-13,15-16H2,1-3H3,(H,24,28)(H,25,29)/p+1. The van der Waals surface area contributed by atoms with Crippen molar-refractivity contribution in [2.24, 2.45) is 0 Å². The van der Waals surface area contributed by atoms with Crippen LogP contribution >= 0.6 is 0 Å². The molecule has 0 aromatic heterocycles. The number of benzene rings is 2. The summed E-state index contributed by atoms with van der Waals surface area (Å²) in [5.74, 6) is -0.229. The van der Waals surface area contributed by atoms with Gasteiger partial charge in [-0.25, -0.2) is 0 Å².